The van der Waals surface area contributed by atoms with E-state index in [2.05, 4.69) is 16.8 Å². The van der Waals surface area contributed by atoms with E-state index in [9.17, 15) is 0 Å². The van der Waals surface area contributed by atoms with E-state index in [4.69, 9.17) is 15.9 Å². The SMILES string of the molecule is Cc1ccnc(N(C)C2CCOC2C)c1C(=N)N. The maximum atomic E-state index is 7.71. The number of rotatable bonds is 3. The lowest BCUT2D eigenvalue weighted by Crippen LogP contribution is -2.38. The summed E-state index contributed by atoms with van der Waals surface area (Å²) in [5, 5.41) is 7.71. The second-order valence-corrected chi connectivity index (χ2v) is 4.78. The summed E-state index contributed by atoms with van der Waals surface area (Å²) in [6.45, 7) is 4.79. The summed E-state index contributed by atoms with van der Waals surface area (Å²) in [5.41, 5.74) is 7.37. The summed E-state index contributed by atoms with van der Waals surface area (Å²) in [5.74, 6) is 0.832. The summed E-state index contributed by atoms with van der Waals surface area (Å²) in [6.07, 6.45) is 2.91. The highest BCUT2D eigenvalue weighted by molar-refractivity contribution is 6.01. The molecule has 0 aliphatic carbocycles. The van der Waals surface area contributed by atoms with Crippen LogP contribution in [0.4, 0.5) is 5.82 Å². The molecule has 3 N–H and O–H groups in total. The van der Waals surface area contributed by atoms with E-state index in [0.717, 1.165) is 30.0 Å². The minimum absolute atomic E-state index is 0.0639. The first kappa shape index (κ1) is 12.8. The number of pyridine rings is 1. The first-order valence-electron chi connectivity index (χ1n) is 6.16. The van der Waals surface area contributed by atoms with Gasteiger partial charge in [0.1, 0.15) is 11.7 Å². The quantitative estimate of drug-likeness (QED) is 0.624. The fraction of sp³-hybridized carbons (Fsp3) is 0.538. The third-order valence-corrected chi connectivity index (χ3v) is 3.58. The molecular weight excluding hydrogens is 228 g/mol. The average molecular weight is 248 g/mol. The summed E-state index contributed by atoms with van der Waals surface area (Å²) >= 11 is 0. The Bertz CT molecular complexity index is 460. The number of hydrogen-bond donors (Lipinski definition) is 2. The molecular formula is C13H20N4O. The lowest BCUT2D eigenvalue weighted by molar-refractivity contribution is 0.118. The van der Waals surface area contributed by atoms with Crippen molar-refractivity contribution in [3.63, 3.8) is 0 Å². The number of nitrogen functional groups attached to an aromatic ring is 1. The number of ether oxygens (including phenoxy) is 1. The molecule has 5 heteroatoms. The normalized spacial score (nSPS) is 23.1. The number of hydrogen-bond acceptors (Lipinski definition) is 4. The molecule has 0 bridgehead atoms. The third kappa shape index (κ3) is 2.18. The van der Waals surface area contributed by atoms with E-state index < -0.39 is 0 Å². The Kier molecular flexibility index (Phi) is 3.52. The first-order valence-corrected chi connectivity index (χ1v) is 6.16. The van der Waals surface area contributed by atoms with Gasteiger partial charge in [0.05, 0.1) is 17.7 Å². The van der Waals surface area contributed by atoms with E-state index in [1.54, 1.807) is 6.20 Å². The van der Waals surface area contributed by atoms with Crippen LogP contribution in [-0.4, -0.2) is 36.6 Å². The van der Waals surface area contributed by atoms with Crippen molar-refractivity contribution in [1.82, 2.24) is 4.98 Å². The van der Waals surface area contributed by atoms with Gasteiger partial charge in [-0.1, -0.05) is 0 Å². The molecule has 2 heterocycles. The molecule has 0 radical (unpaired) electrons. The number of likely N-dealkylation sites (N-methyl/N-ethyl adjacent to an activating group) is 1. The van der Waals surface area contributed by atoms with Gasteiger partial charge >= 0.3 is 0 Å². The lowest BCUT2D eigenvalue weighted by atomic mass is 10.1. The standard InChI is InChI=1S/C13H20N4O/c1-8-4-6-16-13(11(8)12(14)15)17(3)10-5-7-18-9(10)2/h4,6,9-10H,5,7H2,1-3H3,(H3,14,15). The highest BCUT2D eigenvalue weighted by Crippen LogP contribution is 2.26. The molecule has 1 aliphatic rings. The minimum atomic E-state index is 0.0639. The Morgan fingerprint density at radius 3 is 2.89 bits per heavy atom. The van der Waals surface area contributed by atoms with Crippen molar-refractivity contribution in [2.45, 2.75) is 32.4 Å². The van der Waals surface area contributed by atoms with Gasteiger partial charge in [-0.2, -0.15) is 0 Å². The van der Waals surface area contributed by atoms with E-state index in [0.29, 0.717) is 0 Å². The fourth-order valence-electron chi connectivity index (χ4n) is 2.53. The van der Waals surface area contributed by atoms with Crippen LogP contribution in [0.5, 0.6) is 0 Å². The third-order valence-electron chi connectivity index (χ3n) is 3.58. The predicted octanol–water partition coefficient (Wildman–Crippen LogP) is 1.29. The highest BCUT2D eigenvalue weighted by atomic mass is 16.5. The molecule has 98 valence electrons. The predicted molar refractivity (Wildman–Crippen MR) is 72.2 cm³/mol. The molecule has 5 nitrogen and oxygen atoms in total. The van der Waals surface area contributed by atoms with Crippen LogP contribution in [0.2, 0.25) is 0 Å². The minimum Gasteiger partial charge on any atom is -0.384 e. The van der Waals surface area contributed by atoms with Crippen molar-refractivity contribution >= 4 is 11.7 Å². The number of nitrogens with two attached hydrogens (primary N) is 1. The maximum Gasteiger partial charge on any atom is 0.139 e. The molecule has 0 saturated carbocycles. The molecule has 1 aromatic rings. The summed E-state index contributed by atoms with van der Waals surface area (Å²) in [6, 6.07) is 2.17. The Balaban J connectivity index is 2.38. The van der Waals surface area contributed by atoms with E-state index >= 15 is 0 Å². The van der Waals surface area contributed by atoms with Crippen molar-refractivity contribution in [3.05, 3.63) is 23.4 Å². The Morgan fingerprint density at radius 1 is 1.61 bits per heavy atom. The van der Waals surface area contributed by atoms with E-state index in [1.807, 2.05) is 20.0 Å². The van der Waals surface area contributed by atoms with Gasteiger partial charge in [0, 0.05) is 19.9 Å². The zero-order valence-corrected chi connectivity index (χ0v) is 11.1. The molecule has 0 aromatic carbocycles. The van der Waals surface area contributed by atoms with Gasteiger partial charge in [-0.05, 0) is 31.9 Å². The maximum absolute atomic E-state index is 7.71. The van der Waals surface area contributed by atoms with Crippen LogP contribution in [0.3, 0.4) is 0 Å². The van der Waals surface area contributed by atoms with Gasteiger partial charge in [-0.25, -0.2) is 4.98 Å². The molecule has 1 fully saturated rings. The van der Waals surface area contributed by atoms with Crippen molar-refractivity contribution in [1.29, 1.82) is 5.41 Å². The molecule has 1 aromatic heterocycles. The van der Waals surface area contributed by atoms with Crippen molar-refractivity contribution < 1.29 is 4.74 Å². The monoisotopic (exact) mass is 248 g/mol. The van der Waals surface area contributed by atoms with Crippen LogP contribution in [-0.2, 0) is 4.74 Å². The van der Waals surface area contributed by atoms with Gasteiger partial charge in [0.25, 0.3) is 0 Å². The molecule has 2 atom stereocenters. The highest BCUT2D eigenvalue weighted by Gasteiger charge is 2.30. The smallest absolute Gasteiger partial charge is 0.139 e. The van der Waals surface area contributed by atoms with Crippen LogP contribution in [0.15, 0.2) is 12.3 Å². The molecule has 1 aliphatic heterocycles. The van der Waals surface area contributed by atoms with Crippen LogP contribution in [0, 0.1) is 12.3 Å². The number of aromatic nitrogens is 1. The van der Waals surface area contributed by atoms with E-state index in [-0.39, 0.29) is 18.0 Å². The molecule has 0 spiro atoms. The topological polar surface area (TPSA) is 75.2 Å². The average Bonchev–Trinajstić information content (AvgIpc) is 2.73. The van der Waals surface area contributed by atoms with Gasteiger partial charge in [0.15, 0.2) is 0 Å². The lowest BCUT2D eigenvalue weighted by Gasteiger charge is -2.29. The van der Waals surface area contributed by atoms with Crippen molar-refractivity contribution in [3.8, 4) is 0 Å². The Labute approximate surface area is 107 Å². The molecule has 2 unspecified atom stereocenters. The van der Waals surface area contributed by atoms with E-state index in [1.165, 1.54) is 0 Å². The van der Waals surface area contributed by atoms with Crippen LogP contribution >= 0.6 is 0 Å². The largest absolute Gasteiger partial charge is 0.384 e. The number of nitrogens with zero attached hydrogens (tertiary/aromatic N) is 2. The molecule has 1 saturated heterocycles. The summed E-state index contributed by atoms with van der Waals surface area (Å²) in [7, 11) is 1.99. The molecule has 2 rings (SSSR count). The van der Waals surface area contributed by atoms with Gasteiger partial charge in [-0.3, -0.25) is 5.41 Å². The summed E-state index contributed by atoms with van der Waals surface area (Å²) < 4.78 is 5.58. The first-order chi connectivity index (χ1) is 8.52. The van der Waals surface area contributed by atoms with Crippen LogP contribution in [0.25, 0.3) is 0 Å². The number of aryl methyl sites for hydroxylation is 1. The number of nitrogens with one attached hydrogen (secondary N) is 1. The van der Waals surface area contributed by atoms with Crippen molar-refractivity contribution in [2.75, 3.05) is 18.6 Å². The van der Waals surface area contributed by atoms with Gasteiger partial charge < -0.3 is 15.4 Å². The molecule has 18 heavy (non-hydrogen) atoms. The van der Waals surface area contributed by atoms with Gasteiger partial charge in [0.2, 0.25) is 0 Å². The zero-order valence-electron chi connectivity index (χ0n) is 11.1. The molecule has 0 amide bonds. The second-order valence-electron chi connectivity index (χ2n) is 4.78. The summed E-state index contributed by atoms with van der Waals surface area (Å²) in [4.78, 5) is 6.47. The Morgan fingerprint density at radius 2 is 2.33 bits per heavy atom. The van der Waals surface area contributed by atoms with Crippen LogP contribution in [0.1, 0.15) is 24.5 Å². The van der Waals surface area contributed by atoms with Crippen LogP contribution < -0.4 is 10.6 Å². The number of amidine groups is 1. The fourth-order valence-corrected chi connectivity index (χ4v) is 2.53. The number of anilines is 1. The second kappa shape index (κ2) is 4.94. The Hall–Kier alpha value is -1.62. The zero-order chi connectivity index (χ0) is 13.3. The van der Waals surface area contributed by atoms with Gasteiger partial charge in [-0.15, -0.1) is 0 Å². The van der Waals surface area contributed by atoms with Crippen molar-refractivity contribution in [2.24, 2.45) is 5.73 Å².